The molecule has 4 rings (SSSR count). The molecule has 0 bridgehead atoms. The number of β-amino-alcohol motifs (C(OH)–C–C–N with tert-alkyl or cyclic N) is 1. The maximum Gasteiger partial charge on any atom is 0.224 e. The first-order valence-corrected chi connectivity index (χ1v) is 9.37. The number of pyridine rings is 1. The Labute approximate surface area is 154 Å². The number of amides is 1. The number of carbonyl (C=O) groups excluding carboxylic acids is 1. The molecule has 5 nitrogen and oxygen atoms in total. The third-order valence-corrected chi connectivity index (χ3v) is 5.45. The predicted molar refractivity (Wildman–Crippen MR) is 101 cm³/mol. The summed E-state index contributed by atoms with van der Waals surface area (Å²) in [6, 6.07) is 12.1. The summed E-state index contributed by atoms with van der Waals surface area (Å²) in [6.07, 6.45) is 6.24. The van der Waals surface area contributed by atoms with Crippen molar-refractivity contribution < 1.29 is 9.90 Å². The van der Waals surface area contributed by atoms with E-state index < -0.39 is 5.60 Å². The minimum absolute atomic E-state index is 0.0346. The van der Waals surface area contributed by atoms with Gasteiger partial charge in [-0.15, -0.1) is 0 Å². The second-order valence-electron chi connectivity index (χ2n) is 7.49. The summed E-state index contributed by atoms with van der Waals surface area (Å²) in [5, 5.41) is 13.7. The van der Waals surface area contributed by atoms with Gasteiger partial charge >= 0.3 is 0 Å². The van der Waals surface area contributed by atoms with E-state index in [1.54, 1.807) is 6.20 Å². The molecule has 1 aromatic heterocycles. The fourth-order valence-corrected chi connectivity index (χ4v) is 3.98. The summed E-state index contributed by atoms with van der Waals surface area (Å²) in [5.74, 6) is 0.834. The fraction of sp³-hybridized carbons (Fsp3) is 0.429. The van der Waals surface area contributed by atoms with Crippen molar-refractivity contribution in [2.45, 2.75) is 37.7 Å². The lowest BCUT2D eigenvalue weighted by Crippen LogP contribution is -2.45. The topological polar surface area (TPSA) is 65.5 Å². The second-order valence-corrected chi connectivity index (χ2v) is 7.49. The van der Waals surface area contributed by atoms with Crippen LogP contribution < -0.4 is 10.2 Å². The lowest BCUT2D eigenvalue weighted by molar-refractivity contribution is -0.121. The first-order valence-electron chi connectivity index (χ1n) is 9.37. The van der Waals surface area contributed by atoms with Gasteiger partial charge in [-0.3, -0.25) is 4.79 Å². The number of nitrogens with zero attached hydrogens (tertiary/aromatic N) is 2. The van der Waals surface area contributed by atoms with E-state index in [4.69, 9.17) is 0 Å². The zero-order chi connectivity index (χ0) is 18.0. The van der Waals surface area contributed by atoms with Crippen molar-refractivity contribution in [3.63, 3.8) is 0 Å². The molecule has 1 fully saturated rings. The number of fused-ring (bicyclic) bond motifs is 1. The Hall–Kier alpha value is -2.40. The number of nitrogens with one attached hydrogen (secondary N) is 1. The molecule has 1 aromatic carbocycles. The van der Waals surface area contributed by atoms with Crippen molar-refractivity contribution in [1.29, 1.82) is 0 Å². The van der Waals surface area contributed by atoms with E-state index in [9.17, 15) is 9.90 Å². The lowest BCUT2D eigenvalue weighted by atomic mass is 10.0. The molecule has 2 N–H and O–H groups in total. The van der Waals surface area contributed by atoms with Crippen molar-refractivity contribution in [1.82, 2.24) is 10.3 Å². The Morgan fingerprint density at radius 1 is 1.23 bits per heavy atom. The molecule has 0 saturated carbocycles. The SMILES string of the molecule is O=C(Cc1ccc2c(c1)CCC2)NCC1(O)CCN(c2ccccn2)C1. The van der Waals surface area contributed by atoms with Crippen LogP contribution in [0.5, 0.6) is 0 Å². The van der Waals surface area contributed by atoms with Crippen LogP contribution >= 0.6 is 0 Å². The summed E-state index contributed by atoms with van der Waals surface area (Å²) in [7, 11) is 0. The van der Waals surface area contributed by atoms with Crippen molar-refractivity contribution in [3.05, 3.63) is 59.3 Å². The number of benzene rings is 1. The molecule has 26 heavy (non-hydrogen) atoms. The van der Waals surface area contributed by atoms with Crippen molar-refractivity contribution in [2.75, 3.05) is 24.5 Å². The summed E-state index contributed by atoms with van der Waals surface area (Å²) >= 11 is 0. The quantitative estimate of drug-likeness (QED) is 0.863. The zero-order valence-electron chi connectivity index (χ0n) is 14.9. The number of aromatic nitrogens is 1. The van der Waals surface area contributed by atoms with Crippen LogP contribution in [0.3, 0.4) is 0 Å². The van der Waals surface area contributed by atoms with Gasteiger partial charge in [0.05, 0.1) is 6.42 Å². The van der Waals surface area contributed by atoms with Gasteiger partial charge in [-0.2, -0.15) is 0 Å². The maximum atomic E-state index is 12.3. The van der Waals surface area contributed by atoms with E-state index in [2.05, 4.69) is 33.4 Å². The molecule has 1 unspecified atom stereocenters. The second kappa shape index (κ2) is 7.08. The van der Waals surface area contributed by atoms with Crippen LogP contribution in [-0.4, -0.2) is 41.2 Å². The highest BCUT2D eigenvalue weighted by Gasteiger charge is 2.36. The monoisotopic (exact) mass is 351 g/mol. The average Bonchev–Trinajstić information content (AvgIpc) is 3.28. The lowest BCUT2D eigenvalue weighted by Gasteiger charge is -2.24. The van der Waals surface area contributed by atoms with E-state index in [1.165, 1.54) is 17.5 Å². The highest BCUT2D eigenvalue weighted by Crippen LogP contribution is 2.25. The fourth-order valence-electron chi connectivity index (χ4n) is 3.98. The summed E-state index contributed by atoms with van der Waals surface area (Å²) in [6.45, 7) is 1.51. The Kier molecular flexibility index (Phi) is 4.64. The maximum absolute atomic E-state index is 12.3. The molecular weight excluding hydrogens is 326 g/mol. The largest absolute Gasteiger partial charge is 0.386 e. The standard InChI is InChI=1S/C21H25N3O2/c25-20(13-16-7-8-17-4-3-5-18(17)12-16)23-14-21(26)9-11-24(15-21)19-6-1-2-10-22-19/h1-2,6-8,10,12,26H,3-5,9,11,13-15H2,(H,23,25). The molecule has 0 radical (unpaired) electrons. The summed E-state index contributed by atoms with van der Waals surface area (Å²) in [4.78, 5) is 18.7. The van der Waals surface area contributed by atoms with E-state index in [0.29, 0.717) is 19.4 Å². The summed E-state index contributed by atoms with van der Waals surface area (Å²) in [5.41, 5.74) is 2.96. The van der Waals surface area contributed by atoms with Crippen LogP contribution in [0.25, 0.3) is 0 Å². The van der Waals surface area contributed by atoms with Gasteiger partial charge in [-0.25, -0.2) is 4.98 Å². The van der Waals surface area contributed by atoms with Gasteiger partial charge in [0.15, 0.2) is 0 Å². The van der Waals surface area contributed by atoms with Crippen LogP contribution in [-0.2, 0) is 24.1 Å². The van der Waals surface area contributed by atoms with E-state index in [-0.39, 0.29) is 12.5 Å². The number of hydrogen-bond donors (Lipinski definition) is 2. The van der Waals surface area contributed by atoms with Crippen molar-refractivity contribution >= 4 is 11.7 Å². The Balaban J connectivity index is 1.30. The molecule has 1 aliphatic heterocycles. The Morgan fingerprint density at radius 3 is 2.96 bits per heavy atom. The molecule has 1 atom stereocenters. The number of rotatable bonds is 5. The first-order chi connectivity index (χ1) is 12.6. The van der Waals surface area contributed by atoms with Gasteiger partial charge in [0, 0.05) is 25.8 Å². The van der Waals surface area contributed by atoms with Gasteiger partial charge in [0.2, 0.25) is 5.91 Å². The van der Waals surface area contributed by atoms with E-state index >= 15 is 0 Å². The minimum Gasteiger partial charge on any atom is -0.386 e. The normalized spacial score (nSPS) is 21.7. The van der Waals surface area contributed by atoms with Crippen LogP contribution in [0.1, 0.15) is 29.5 Å². The third-order valence-electron chi connectivity index (χ3n) is 5.45. The Bertz CT molecular complexity index is 793. The van der Waals surface area contributed by atoms with Crippen LogP contribution in [0, 0.1) is 0 Å². The van der Waals surface area contributed by atoms with Gasteiger partial charge in [0.25, 0.3) is 0 Å². The molecule has 2 heterocycles. The molecule has 2 aromatic rings. The average molecular weight is 351 g/mol. The number of hydrogen-bond acceptors (Lipinski definition) is 4. The minimum atomic E-state index is -0.898. The van der Waals surface area contributed by atoms with Gasteiger partial charge in [0.1, 0.15) is 11.4 Å². The van der Waals surface area contributed by atoms with Gasteiger partial charge in [-0.1, -0.05) is 24.3 Å². The molecule has 5 heteroatoms. The van der Waals surface area contributed by atoms with Crippen molar-refractivity contribution in [3.8, 4) is 0 Å². The molecule has 1 amide bonds. The molecule has 0 spiro atoms. The highest BCUT2D eigenvalue weighted by atomic mass is 16.3. The van der Waals surface area contributed by atoms with E-state index in [1.807, 2.05) is 18.2 Å². The smallest absolute Gasteiger partial charge is 0.224 e. The number of aliphatic hydroxyl groups is 1. The molecule has 1 aliphatic carbocycles. The Morgan fingerprint density at radius 2 is 2.12 bits per heavy atom. The molecular formula is C21H25N3O2. The van der Waals surface area contributed by atoms with Gasteiger partial charge < -0.3 is 15.3 Å². The van der Waals surface area contributed by atoms with Crippen LogP contribution in [0.2, 0.25) is 0 Å². The molecule has 1 saturated heterocycles. The zero-order valence-corrected chi connectivity index (χ0v) is 14.9. The first kappa shape index (κ1) is 17.0. The van der Waals surface area contributed by atoms with Crippen LogP contribution in [0.15, 0.2) is 42.6 Å². The highest BCUT2D eigenvalue weighted by molar-refractivity contribution is 5.78. The van der Waals surface area contributed by atoms with Crippen molar-refractivity contribution in [2.24, 2.45) is 0 Å². The van der Waals surface area contributed by atoms with Crippen LogP contribution in [0.4, 0.5) is 5.82 Å². The summed E-state index contributed by atoms with van der Waals surface area (Å²) < 4.78 is 0. The molecule has 136 valence electrons. The number of anilines is 1. The molecule has 2 aliphatic rings. The number of aryl methyl sites for hydroxylation is 2. The third kappa shape index (κ3) is 3.73. The van der Waals surface area contributed by atoms with E-state index in [0.717, 1.165) is 30.8 Å². The predicted octanol–water partition coefficient (Wildman–Crippen LogP) is 1.87. The van der Waals surface area contributed by atoms with Gasteiger partial charge in [-0.05, 0) is 54.5 Å². The number of carbonyl (C=O) groups is 1.